The third kappa shape index (κ3) is 4.86. The van der Waals surface area contributed by atoms with Crippen LogP contribution in [0.15, 0.2) is 53.6 Å². The summed E-state index contributed by atoms with van der Waals surface area (Å²) in [6, 6.07) is 12.5. The Labute approximate surface area is 180 Å². The average molecular weight is 446 g/mol. The fourth-order valence-electron chi connectivity index (χ4n) is 2.74. The van der Waals surface area contributed by atoms with Gasteiger partial charge in [-0.2, -0.15) is 0 Å². The maximum atomic E-state index is 12.7. The van der Waals surface area contributed by atoms with E-state index in [-0.39, 0.29) is 16.2 Å². The summed E-state index contributed by atoms with van der Waals surface area (Å²) in [4.78, 5) is 17.9. The van der Waals surface area contributed by atoms with E-state index in [1.807, 2.05) is 6.92 Å². The number of ether oxygens (including phenoxy) is 1. The molecule has 0 aliphatic carbocycles. The summed E-state index contributed by atoms with van der Waals surface area (Å²) in [5.41, 5.74) is 2.56. The first-order valence-electron chi connectivity index (χ1n) is 9.13. The van der Waals surface area contributed by atoms with Gasteiger partial charge in [-0.05, 0) is 30.7 Å². The Balaban J connectivity index is 1.78. The Morgan fingerprint density at radius 2 is 1.87 bits per heavy atom. The molecule has 3 aromatic rings. The number of thiazole rings is 1. The Hall–Kier alpha value is -2.75. The quantitative estimate of drug-likeness (QED) is 0.601. The summed E-state index contributed by atoms with van der Waals surface area (Å²) in [6.45, 7) is 2.04. The van der Waals surface area contributed by atoms with Crippen molar-refractivity contribution in [3.8, 4) is 5.75 Å². The number of hydrogen-bond donors (Lipinski definition) is 1. The zero-order chi connectivity index (χ0) is 21.9. The summed E-state index contributed by atoms with van der Waals surface area (Å²) in [5.74, 6) is -0.265. The van der Waals surface area contributed by atoms with Gasteiger partial charge in [-0.25, -0.2) is 17.7 Å². The lowest BCUT2D eigenvalue weighted by atomic mass is 10.1. The standard InChI is InChI=1S/C21H23N3O4S2/c1-14-5-7-15(8-6-14)11-17-13-22-21(29-17)23-20(25)16-9-10-18(28-4)19(12-16)30(26,27)24(2)3/h5-10,12-13H,11H2,1-4H3,(H,22,23,25). The van der Waals surface area contributed by atoms with Crippen molar-refractivity contribution in [2.45, 2.75) is 18.2 Å². The molecule has 0 aliphatic rings. The van der Waals surface area contributed by atoms with Crippen molar-refractivity contribution < 1.29 is 17.9 Å². The number of sulfonamides is 1. The maximum Gasteiger partial charge on any atom is 0.257 e. The highest BCUT2D eigenvalue weighted by atomic mass is 32.2. The third-order valence-electron chi connectivity index (χ3n) is 4.46. The molecule has 1 N–H and O–H groups in total. The van der Waals surface area contributed by atoms with Gasteiger partial charge in [-0.15, -0.1) is 11.3 Å². The van der Waals surface area contributed by atoms with Gasteiger partial charge >= 0.3 is 0 Å². The Morgan fingerprint density at radius 3 is 2.50 bits per heavy atom. The number of aryl methyl sites for hydroxylation is 1. The van der Waals surface area contributed by atoms with Gasteiger partial charge in [-0.3, -0.25) is 10.1 Å². The number of benzene rings is 2. The number of aromatic nitrogens is 1. The number of nitrogens with zero attached hydrogens (tertiary/aromatic N) is 2. The van der Waals surface area contributed by atoms with E-state index in [1.54, 1.807) is 6.20 Å². The van der Waals surface area contributed by atoms with Crippen LogP contribution in [0, 0.1) is 6.92 Å². The van der Waals surface area contributed by atoms with Gasteiger partial charge in [0, 0.05) is 37.2 Å². The molecular weight excluding hydrogens is 422 g/mol. The summed E-state index contributed by atoms with van der Waals surface area (Å²) in [7, 11) is 0.464. The van der Waals surface area contributed by atoms with Crippen molar-refractivity contribution in [2.24, 2.45) is 0 Å². The molecule has 0 saturated carbocycles. The number of amides is 1. The van der Waals surface area contributed by atoms with Crippen molar-refractivity contribution >= 4 is 32.4 Å². The number of rotatable bonds is 7. The molecule has 2 aromatic carbocycles. The molecule has 1 aromatic heterocycles. The van der Waals surface area contributed by atoms with E-state index >= 15 is 0 Å². The van der Waals surface area contributed by atoms with E-state index in [0.717, 1.165) is 21.2 Å². The molecule has 0 bridgehead atoms. The number of anilines is 1. The van der Waals surface area contributed by atoms with Crippen LogP contribution in [0.2, 0.25) is 0 Å². The van der Waals surface area contributed by atoms with Crippen LogP contribution in [-0.2, 0) is 16.4 Å². The SMILES string of the molecule is COc1ccc(C(=O)Nc2ncc(Cc3ccc(C)cc3)s2)cc1S(=O)(=O)N(C)C. The molecule has 158 valence electrons. The van der Waals surface area contributed by atoms with Crippen molar-refractivity contribution in [3.63, 3.8) is 0 Å². The highest BCUT2D eigenvalue weighted by molar-refractivity contribution is 7.89. The minimum absolute atomic E-state index is 0.0677. The highest BCUT2D eigenvalue weighted by Crippen LogP contribution is 2.28. The Kier molecular flexibility index (Phi) is 6.55. The first-order chi connectivity index (χ1) is 14.2. The van der Waals surface area contributed by atoms with E-state index in [2.05, 4.69) is 34.6 Å². The zero-order valence-corrected chi connectivity index (χ0v) is 18.8. The van der Waals surface area contributed by atoms with Gasteiger partial charge in [0.25, 0.3) is 5.91 Å². The lowest BCUT2D eigenvalue weighted by molar-refractivity contribution is 0.102. The first kappa shape index (κ1) is 21.9. The first-order valence-corrected chi connectivity index (χ1v) is 11.4. The highest BCUT2D eigenvalue weighted by Gasteiger charge is 2.24. The second-order valence-electron chi connectivity index (χ2n) is 6.90. The minimum Gasteiger partial charge on any atom is -0.495 e. The summed E-state index contributed by atoms with van der Waals surface area (Å²) in [5, 5.41) is 3.19. The molecule has 0 aliphatic heterocycles. The van der Waals surface area contributed by atoms with Gasteiger partial charge in [0.05, 0.1) is 7.11 Å². The smallest absolute Gasteiger partial charge is 0.257 e. The Bertz CT molecular complexity index is 1150. The molecule has 0 saturated heterocycles. The van der Waals surface area contributed by atoms with Crippen LogP contribution in [0.4, 0.5) is 5.13 Å². The fourth-order valence-corrected chi connectivity index (χ4v) is 4.66. The van der Waals surface area contributed by atoms with Gasteiger partial charge in [-0.1, -0.05) is 29.8 Å². The van der Waals surface area contributed by atoms with Crippen LogP contribution in [0.25, 0.3) is 0 Å². The molecule has 0 unspecified atom stereocenters. The fraction of sp³-hybridized carbons (Fsp3) is 0.238. The number of methoxy groups -OCH3 is 1. The molecule has 9 heteroatoms. The largest absolute Gasteiger partial charge is 0.495 e. The molecule has 3 rings (SSSR count). The predicted octanol–water partition coefficient (Wildman–Crippen LogP) is 3.55. The van der Waals surface area contributed by atoms with Crippen LogP contribution >= 0.6 is 11.3 Å². The van der Waals surface area contributed by atoms with E-state index < -0.39 is 15.9 Å². The monoisotopic (exact) mass is 445 g/mol. The van der Waals surface area contributed by atoms with Crippen LogP contribution in [0.3, 0.4) is 0 Å². The van der Waals surface area contributed by atoms with E-state index in [1.165, 1.54) is 56.3 Å². The maximum absolute atomic E-state index is 12.7. The van der Waals surface area contributed by atoms with Crippen molar-refractivity contribution in [2.75, 3.05) is 26.5 Å². The molecule has 0 fully saturated rings. The normalized spacial score (nSPS) is 11.5. The number of hydrogen-bond acceptors (Lipinski definition) is 6. The molecule has 1 amide bonds. The number of nitrogens with one attached hydrogen (secondary N) is 1. The van der Waals surface area contributed by atoms with Gasteiger partial charge < -0.3 is 4.74 Å². The molecule has 0 atom stereocenters. The summed E-state index contributed by atoms with van der Waals surface area (Å²) >= 11 is 1.38. The van der Waals surface area contributed by atoms with Crippen molar-refractivity contribution in [3.05, 3.63) is 70.2 Å². The van der Waals surface area contributed by atoms with E-state index in [0.29, 0.717) is 5.13 Å². The molecular formula is C21H23N3O4S2. The average Bonchev–Trinajstić information content (AvgIpc) is 3.15. The predicted molar refractivity (Wildman–Crippen MR) is 118 cm³/mol. The molecule has 1 heterocycles. The molecule has 0 spiro atoms. The summed E-state index contributed by atoms with van der Waals surface area (Å²) < 4.78 is 31.3. The van der Waals surface area contributed by atoms with E-state index in [4.69, 9.17) is 4.74 Å². The zero-order valence-electron chi connectivity index (χ0n) is 17.2. The van der Waals surface area contributed by atoms with Crippen LogP contribution in [0.1, 0.15) is 26.4 Å². The summed E-state index contributed by atoms with van der Waals surface area (Å²) in [6.07, 6.45) is 2.46. The second-order valence-corrected chi connectivity index (χ2v) is 10.1. The van der Waals surface area contributed by atoms with Gasteiger partial charge in [0.2, 0.25) is 10.0 Å². The van der Waals surface area contributed by atoms with Crippen LogP contribution in [0.5, 0.6) is 5.75 Å². The second kappa shape index (κ2) is 8.95. The van der Waals surface area contributed by atoms with E-state index in [9.17, 15) is 13.2 Å². The number of carbonyl (C=O) groups excluding carboxylic acids is 1. The molecule has 7 nitrogen and oxygen atoms in total. The van der Waals surface area contributed by atoms with Gasteiger partial charge in [0.15, 0.2) is 5.13 Å². The molecule has 30 heavy (non-hydrogen) atoms. The van der Waals surface area contributed by atoms with Crippen molar-refractivity contribution in [1.82, 2.24) is 9.29 Å². The lowest BCUT2D eigenvalue weighted by Gasteiger charge is -2.15. The third-order valence-corrected chi connectivity index (χ3v) is 7.21. The molecule has 0 radical (unpaired) electrons. The minimum atomic E-state index is -3.77. The lowest BCUT2D eigenvalue weighted by Crippen LogP contribution is -2.23. The van der Waals surface area contributed by atoms with Gasteiger partial charge in [0.1, 0.15) is 10.6 Å². The topological polar surface area (TPSA) is 88.6 Å². The van der Waals surface area contributed by atoms with Crippen LogP contribution < -0.4 is 10.1 Å². The van der Waals surface area contributed by atoms with Crippen molar-refractivity contribution in [1.29, 1.82) is 0 Å². The number of carbonyl (C=O) groups is 1. The Morgan fingerprint density at radius 1 is 1.17 bits per heavy atom. The van der Waals surface area contributed by atoms with Crippen LogP contribution in [-0.4, -0.2) is 44.8 Å².